The maximum absolute atomic E-state index is 12.6. The van der Waals surface area contributed by atoms with Crippen molar-refractivity contribution in [2.24, 2.45) is 5.92 Å². The van der Waals surface area contributed by atoms with Gasteiger partial charge in [0.25, 0.3) is 0 Å². The molecule has 5 rings (SSSR count). The number of hydrogen-bond acceptors (Lipinski definition) is 15. The molecule has 1 saturated carbocycles. The van der Waals surface area contributed by atoms with Crippen LogP contribution >= 0.6 is 0 Å². The van der Waals surface area contributed by atoms with Gasteiger partial charge in [-0.2, -0.15) is 0 Å². The molecule has 1 saturated heterocycles. The van der Waals surface area contributed by atoms with Crippen molar-refractivity contribution in [3.05, 3.63) is 47.0 Å². The molecule has 1 aliphatic carbocycles. The summed E-state index contributed by atoms with van der Waals surface area (Å²) in [5.41, 5.74) is -1.36. The van der Waals surface area contributed by atoms with Gasteiger partial charge < -0.3 is 63.8 Å². The lowest BCUT2D eigenvalue weighted by Crippen LogP contribution is -2.56. The molecule has 15 heteroatoms. The van der Waals surface area contributed by atoms with Crippen LogP contribution < -0.4 is 14.2 Å². The summed E-state index contributed by atoms with van der Waals surface area (Å²) >= 11 is 0. The van der Waals surface area contributed by atoms with E-state index in [2.05, 4.69) is 0 Å². The monoisotopic (exact) mass is 650 g/mol. The molecule has 252 valence electrons. The first kappa shape index (κ1) is 33.7. The Bertz CT molecular complexity index is 1430. The number of esters is 2. The van der Waals surface area contributed by atoms with Crippen molar-refractivity contribution in [1.29, 1.82) is 0 Å². The van der Waals surface area contributed by atoms with Crippen molar-refractivity contribution in [2.45, 2.75) is 68.3 Å². The van der Waals surface area contributed by atoms with Gasteiger partial charge in [0.15, 0.2) is 23.4 Å². The third kappa shape index (κ3) is 6.71. The highest BCUT2D eigenvalue weighted by molar-refractivity contribution is 5.95. The van der Waals surface area contributed by atoms with Crippen LogP contribution in [0.25, 0.3) is 0 Å². The molecular weight excluding hydrogens is 612 g/mol. The first-order valence-electron chi connectivity index (χ1n) is 14.7. The van der Waals surface area contributed by atoms with E-state index < -0.39 is 79.6 Å². The van der Waals surface area contributed by atoms with Crippen LogP contribution in [0.15, 0.2) is 30.3 Å². The Morgan fingerprint density at radius 1 is 1.02 bits per heavy atom. The largest absolute Gasteiger partial charge is 0.507 e. The van der Waals surface area contributed by atoms with Gasteiger partial charge in [0.1, 0.15) is 54.2 Å². The number of fused-ring (bicyclic) bond motifs is 1. The number of cyclic esters (lactones) is 1. The number of phenolic OH excluding ortho intramolecular Hbond substituents is 1. The third-order valence-electron chi connectivity index (χ3n) is 8.43. The fourth-order valence-electron chi connectivity index (χ4n) is 5.83. The molecule has 2 aliphatic heterocycles. The zero-order valence-electron chi connectivity index (χ0n) is 25.4. The van der Waals surface area contributed by atoms with Gasteiger partial charge in [-0.3, -0.25) is 0 Å². The molecule has 2 aromatic rings. The van der Waals surface area contributed by atoms with E-state index in [-0.39, 0.29) is 35.7 Å². The quantitative estimate of drug-likeness (QED) is 0.182. The molecule has 0 spiro atoms. The van der Waals surface area contributed by atoms with E-state index in [1.54, 1.807) is 13.0 Å². The molecule has 9 atom stereocenters. The fourth-order valence-corrected chi connectivity index (χ4v) is 5.83. The number of hydrogen-bond donors (Lipinski definition) is 6. The number of aromatic hydroxyl groups is 1. The van der Waals surface area contributed by atoms with Crippen LogP contribution in [0.3, 0.4) is 0 Å². The number of methoxy groups -OCH3 is 2. The van der Waals surface area contributed by atoms with Crippen molar-refractivity contribution in [3.63, 3.8) is 0 Å². The van der Waals surface area contributed by atoms with Crippen LogP contribution in [0.4, 0.5) is 0 Å². The Kier molecular flexibility index (Phi) is 9.93. The first-order chi connectivity index (χ1) is 21.8. The lowest BCUT2D eigenvalue weighted by Gasteiger charge is -2.40. The zero-order valence-corrected chi connectivity index (χ0v) is 25.4. The molecule has 15 nitrogen and oxygen atoms in total. The second-order valence-electron chi connectivity index (χ2n) is 11.7. The highest BCUT2D eigenvalue weighted by Crippen LogP contribution is 2.36. The van der Waals surface area contributed by atoms with Crippen molar-refractivity contribution < 1.29 is 73.4 Å². The maximum atomic E-state index is 12.6. The Hall–Kier alpha value is -3.70. The number of carbonyl (C=O) groups excluding carboxylic acids is 2. The number of aliphatic hydroxyl groups excluding tert-OH is 4. The Balaban J connectivity index is 1.18. The number of rotatable bonds is 10. The summed E-state index contributed by atoms with van der Waals surface area (Å²) in [6.07, 6.45) is -8.76. The van der Waals surface area contributed by atoms with E-state index in [1.807, 2.05) is 0 Å². The van der Waals surface area contributed by atoms with Gasteiger partial charge in [-0.05, 0) is 43.2 Å². The molecule has 0 unspecified atom stereocenters. The number of phenols is 1. The van der Waals surface area contributed by atoms with E-state index in [0.717, 1.165) is 0 Å². The van der Waals surface area contributed by atoms with Gasteiger partial charge in [-0.15, -0.1) is 0 Å². The van der Waals surface area contributed by atoms with Crippen LogP contribution in [0, 0.1) is 5.92 Å². The summed E-state index contributed by atoms with van der Waals surface area (Å²) in [6.45, 7) is 0.356. The molecule has 0 radical (unpaired) electrons. The van der Waals surface area contributed by atoms with Gasteiger partial charge in [0.05, 0.1) is 39.1 Å². The summed E-state index contributed by atoms with van der Waals surface area (Å²) in [5, 5.41) is 64.0. The smallest absolute Gasteiger partial charge is 0.342 e. The topological polar surface area (TPSA) is 220 Å². The standard InChI is InChI=1S/C31H38O15/c1-14-6-16-7-18(10-19(32)23(16)29(38)45-14)46-22-9-17(24(33)26(35)25(22)34)11-42-30-27(36)31(39,13-44-30)12-43-28(37)15-4-5-20(40-2)21(8-15)41-3/h4-5,7-8,10,14,17,22,24-27,30,32-36,39H,6,9,11-13H2,1-3H3/t14-,17-,22+,24-,25+,26+,27+,30-,31+/m1/s1. The molecule has 0 amide bonds. The SMILES string of the molecule is COc1ccc(C(=O)OC[C@]2(O)CO[C@@H](OC[C@H]3C[C@H](Oc4cc(O)c5c(c4)C[C@@H](C)OC5=O)[C@H](O)[C@@H](O)[C@@H]3O)[C@@H]2O)cc1OC. The summed E-state index contributed by atoms with van der Waals surface area (Å²) < 4.78 is 37.7. The first-order valence-corrected chi connectivity index (χ1v) is 14.7. The Morgan fingerprint density at radius 2 is 1.76 bits per heavy atom. The lowest BCUT2D eigenvalue weighted by atomic mass is 9.81. The number of benzene rings is 2. The van der Waals surface area contributed by atoms with E-state index >= 15 is 0 Å². The van der Waals surface area contributed by atoms with Crippen LogP contribution in [0.5, 0.6) is 23.0 Å². The van der Waals surface area contributed by atoms with Crippen molar-refractivity contribution >= 4 is 11.9 Å². The molecule has 46 heavy (non-hydrogen) atoms. The molecule has 0 aromatic heterocycles. The summed E-state index contributed by atoms with van der Waals surface area (Å²) in [4.78, 5) is 24.8. The Morgan fingerprint density at radius 3 is 2.48 bits per heavy atom. The van der Waals surface area contributed by atoms with Crippen molar-refractivity contribution in [1.82, 2.24) is 0 Å². The minimum absolute atomic E-state index is 0.0221. The lowest BCUT2D eigenvalue weighted by molar-refractivity contribution is -0.198. The van der Waals surface area contributed by atoms with Crippen LogP contribution in [-0.4, -0.2) is 125 Å². The van der Waals surface area contributed by atoms with Gasteiger partial charge in [-0.25, -0.2) is 9.59 Å². The summed E-state index contributed by atoms with van der Waals surface area (Å²) in [7, 11) is 2.86. The summed E-state index contributed by atoms with van der Waals surface area (Å²) in [5.74, 6) is -1.80. The molecule has 2 fully saturated rings. The summed E-state index contributed by atoms with van der Waals surface area (Å²) in [6, 6.07) is 7.11. The number of ether oxygens (including phenoxy) is 7. The predicted octanol–water partition coefficient (Wildman–Crippen LogP) is -0.317. The Labute approximate surface area is 263 Å². The number of aliphatic hydroxyl groups is 5. The molecule has 2 heterocycles. The van der Waals surface area contributed by atoms with Gasteiger partial charge in [-0.1, -0.05) is 0 Å². The van der Waals surface area contributed by atoms with Gasteiger partial charge >= 0.3 is 11.9 Å². The molecule has 6 N–H and O–H groups in total. The average Bonchev–Trinajstić information content (AvgIpc) is 3.31. The highest BCUT2D eigenvalue weighted by Gasteiger charge is 2.51. The van der Waals surface area contributed by atoms with Gasteiger partial charge in [0, 0.05) is 18.4 Å². The van der Waals surface area contributed by atoms with Crippen LogP contribution in [0.2, 0.25) is 0 Å². The van der Waals surface area contributed by atoms with Gasteiger partial charge in [0.2, 0.25) is 0 Å². The second kappa shape index (κ2) is 13.6. The number of carbonyl (C=O) groups is 2. The van der Waals surface area contributed by atoms with E-state index in [0.29, 0.717) is 23.5 Å². The second-order valence-corrected chi connectivity index (χ2v) is 11.7. The maximum Gasteiger partial charge on any atom is 0.342 e. The van der Waals surface area contributed by atoms with E-state index in [1.165, 1.54) is 38.5 Å². The zero-order chi connectivity index (χ0) is 33.3. The molecule has 2 aromatic carbocycles. The minimum atomic E-state index is -2.01. The van der Waals surface area contributed by atoms with Crippen molar-refractivity contribution in [2.75, 3.05) is 34.0 Å². The van der Waals surface area contributed by atoms with E-state index in [9.17, 15) is 40.2 Å². The third-order valence-corrected chi connectivity index (χ3v) is 8.43. The van der Waals surface area contributed by atoms with Crippen molar-refractivity contribution in [3.8, 4) is 23.0 Å². The predicted molar refractivity (Wildman–Crippen MR) is 154 cm³/mol. The fraction of sp³-hybridized carbons (Fsp3) is 0.548. The molecule has 3 aliphatic rings. The van der Waals surface area contributed by atoms with Crippen LogP contribution in [-0.2, 0) is 25.4 Å². The van der Waals surface area contributed by atoms with E-state index in [4.69, 9.17) is 33.2 Å². The molecule has 0 bridgehead atoms. The normalized spacial score (nSPS) is 32.3. The minimum Gasteiger partial charge on any atom is -0.507 e. The van der Waals surface area contributed by atoms with Crippen LogP contribution in [0.1, 0.15) is 39.6 Å². The average molecular weight is 651 g/mol. The molecular formula is C31H38O15. The highest BCUT2D eigenvalue weighted by atomic mass is 16.7.